The minimum absolute atomic E-state index is 0.724. The molecule has 1 atom stereocenters. The highest BCUT2D eigenvalue weighted by atomic mass is 16.5. The lowest BCUT2D eigenvalue weighted by molar-refractivity contribution is 0.314. The molecule has 2 heteroatoms. The van der Waals surface area contributed by atoms with Crippen molar-refractivity contribution in [3.8, 4) is 11.5 Å². The van der Waals surface area contributed by atoms with E-state index < -0.39 is 0 Å². The van der Waals surface area contributed by atoms with Crippen LogP contribution in [0.15, 0.2) is 48.5 Å². The molecule has 0 spiro atoms. The van der Waals surface area contributed by atoms with Crippen molar-refractivity contribution in [1.29, 1.82) is 0 Å². The molecule has 2 aromatic rings. The number of ether oxygens (including phenoxy) is 1. The van der Waals surface area contributed by atoms with E-state index in [0.29, 0.717) is 0 Å². The molecule has 0 fully saturated rings. The SMILES string of the molecule is CN(C)CC1CCC2=C(C1)c1ccccc1Oc1ccccc12. The molecule has 0 aromatic heterocycles. The zero-order chi connectivity index (χ0) is 15.8. The number of hydrogen-bond acceptors (Lipinski definition) is 2. The Balaban J connectivity index is 1.85. The second-order valence-corrected chi connectivity index (χ2v) is 6.92. The third kappa shape index (κ3) is 2.68. The van der Waals surface area contributed by atoms with E-state index in [1.54, 1.807) is 0 Å². The van der Waals surface area contributed by atoms with E-state index in [1.807, 2.05) is 0 Å². The largest absolute Gasteiger partial charge is 0.456 e. The molecule has 4 rings (SSSR count). The van der Waals surface area contributed by atoms with Crippen molar-refractivity contribution in [2.75, 3.05) is 20.6 Å². The van der Waals surface area contributed by atoms with E-state index in [4.69, 9.17) is 4.74 Å². The third-order valence-electron chi connectivity index (χ3n) is 4.93. The van der Waals surface area contributed by atoms with E-state index in [1.165, 1.54) is 28.7 Å². The van der Waals surface area contributed by atoms with Crippen molar-refractivity contribution in [2.45, 2.75) is 19.3 Å². The highest BCUT2D eigenvalue weighted by Gasteiger charge is 2.28. The summed E-state index contributed by atoms with van der Waals surface area (Å²) in [5, 5.41) is 0. The topological polar surface area (TPSA) is 12.5 Å². The fraction of sp³-hybridized carbons (Fsp3) is 0.333. The zero-order valence-corrected chi connectivity index (χ0v) is 13.9. The number of fused-ring (bicyclic) bond motifs is 4. The summed E-state index contributed by atoms with van der Waals surface area (Å²) in [6.07, 6.45) is 3.54. The quantitative estimate of drug-likeness (QED) is 0.768. The van der Waals surface area contributed by atoms with Crippen LogP contribution in [0.4, 0.5) is 0 Å². The van der Waals surface area contributed by atoms with Gasteiger partial charge in [0.25, 0.3) is 0 Å². The fourth-order valence-electron chi connectivity index (χ4n) is 3.98. The minimum atomic E-state index is 0.724. The molecule has 2 nitrogen and oxygen atoms in total. The standard InChI is InChI=1S/C21H23NO/c1-22(2)14-15-11-12-16-17-7-3-5-9-20(17)23-21-10-6-4-8-18(21)19(16)13-15/h3-10,15H,11-14H2,1-2H3. The van der Waals surface area contributed by atoms with Gasteiger partial charge in [0.1, 0.15) is 11.5 Å². The van der Waals surface area contributed by atoms with Crippen LogP contribution in [0, 0.1) is 5.92 Å². The first-order chi connectivity index (χ1) is 11.2. The number of para-hydroxylation sites is 2. The van der Waals surface area contributed by atoms with Crippen LogP contribution >= 0.6 is 0 Å². The summed E-state index contributed by atoms with van der Waals surface area (Å²) in [6.45, 7) is 1.15. The van der Waals surface area contributed by atoms with Crippen molar-refractivity contribution >= 4 is 11.1 Å². The molecule has 23 heavy (non-hydrogen) atoms. The lowest BCUT2D eigenvalue weighted by Gasteiger charge is -2.29. The molecule has 0 N–H and O–H groups in total. The number of benzene rings is 2. The Morgan fingerprint density at radius 2 is 1.52 bits per heavy atom. The van der Waals surface area contributed by atoms with Crippen LogP contribution in [0.1, 0.15) is 30.4 Å². The van der Waals surface area contributed by atoms with Crippen LogP contribution < -0.4 is 4.74 Å². The summed E-state index contributed by atoms with van der Waals surface area (Å²) in [5.74, 6) is 2.72. The predicted octanol–water partition coefficient (Wildman–Crippen LogP) is 5.06. The molecule has 0 saturated heterocycles. The smallest absolute Gasteiger partial charge is 0.134 e. The number of nitrogens with zero attached hydrogens (tertiary/aromatic N) is 1. The molecule has 2 aliphatic rings. The van der Waals surface area contributed by atoms with Crippen LogP contribution in [0.25, 0.3) is 11.1 Å². The van der Waals surface area contributed by atoms with Crippen molar-refractivity contribution in [1.82, 2.24) is 4.90 Å². The molecular formula is C21H23NO. The van der Waals surface area contributed by atoms with E-state index in [2.05, 4.69) is 67.5 Å². The van der Waals surface area contributed by atoms with Gasteiger partial charge in [-0.25, -0.2) is 0 Å². The number of hydrogen-bond donors (Lipinski definition) is 0. The molecular weight excluding hydrogens is 282 g/mol. The van der Waals surface area contributed by atoms with Gasteiger partial charge in [0.05, 0.1) is 0 Å². The van der Waals surface area contributed by atoms with Gasteiger partial charge in [-0.1, -0.05) is 36.4 Å². The lowest BCUT2D eigenvalue weighted by atomic mass is 9.78. The maximum atomic E-state index is 6.26. The molecule has 0 amide bonds. The van der Waals surface area contributed by atoms with Gasteiger partial charge in [0, 0.05) is 17.7 Å². The summed E-state index contributed by atoms with van der Waals surface area (Å²) in [7, 11) is 4.34. The predicted molar refractivity (Wildman–Crippen MR) is 95.7 cm³/mol. The van der Waals surface area contributed by atoms with Gasteiger partial charge in [-0.15, -0.1) is 0 Å². The molecule has 118 valence electrons. The van der Waals surface area contributed by atoms with Gasteiger partial charge in [-0.2, -0.15) is 0 Å². The Bertz CT molecular complexity index is 760. The number of rotatable bonds is 2. The van der Waals surface area contributed by atoms with Gasteiger partial charge < -0.3 is 9.64 Å². The monoisotopic (exact) mass is 305 g/mol. The Labute approximate surface area is 138 Å². The molecule has 1 aliphatic carbocycles. The average molecular weight is 305 g/mol. The van der Waals surface area contributed by atoms with Crippen LogP contribution in [0.5, 0.6) is 11.5 Å². The first-order valence-corrected chi connectivity index (χ1v) is 8.46. The Hall–Kier alpha value is -2.06. The van der Waals surface area contributed by atoms with Crippen LogP contribution in [0.2, 0.25) is 0 Å². The molecule has 0 bridgehead atoms. The highest BCUT2D eigenvalue weighted by molar-refractivity contribution is 5.96. The molecule has 2 aromatic carbocycles. The maximum Gasteiger partial charge on any atom is 0.134 e. The summed E-state index contributed by atoms with van der Waals surface area (Å²) in [4.78, 5) is 2.31. The van der Waals surface area contributed by atoms with Crippen molar-refractivity contribution < 1.29 is 4.74 Å². The summed E-state index contributed by atoms with van der Waals surface area (Å²) in [5.41, 5.74) is 5.54. The van der Waals surface area contributed by atoms with Crippen LogP contribution in [-0.2, 0) is 0 Å². The van der Waals surface area contributed by atoms with Gasteiger partial charge in [0.2, 0.25) is 0 Å². The third-order valence-corrected chi connectivity index (χ3v) is 4.93. The zero-order valence-electron chi connectivity index (χ0n) is 13.9. The summed E-state index contributed by atoms with van der Waals surface area (Å²) >= 11 is 0. The fourth-order valence-corrected chi connectivity index (χ4v) is 3.98. The summed E-state index contributed by atoms with van der Waals surface area (Å²) in [6, 6.07) is 17.0. The molecule has 0 radical (unpaired) electrons. The van der Waals surface area contributed by atoms with Crippen molar-refractivity contribution in [2.24, 2.45) is 5.92 Å². The highest BCUT2D eigenvalue weighted by Crippen LogP contribution is 2.49. The molecule has 1 heterocycles. The first kappa shape index (κ1) is 14.5. The van der Waals surface area contributed by atoms with Crippen molar-refractivity contribution in [3.63, 3.8) is 0 Å². The van der Waals surface area contributed by atoms with E-state index in [-0.39, 0.29) is 0 Å². The van der Waals surface area contributed by atoms with Crippen LogP contribution in [0.3, 0.4) is 0 Å². The lowest BCUT2D eigenvalue weighted by Crippen LogP contribution is -2.24. The summed E-state index contributed by atoms with van der Waals surface area (Å²) < 4.78 is 6.26. The second-order valence-electron chi connectivity index (χ2n) is 6.92. The maximum absolute atomic E-state index is 6.26. The van der Waals surface area contributed by atoms with E-state index in [0.717, 1.165) is 36.8 Å². The molecule has 0 saturated carbocycles. The first-order valence-electron chi connectivity index (χ1n) is 8.46. The van der Waals surface area contributed by atoms with Crippen molar-refractivity contribution in [3.05, 3.63) is 59.7 Å². The molecule has 1 aliphatic heterocycles. The van der Waals surface area contributed by atoms with Gasteiger partial charge in [-0.3, -0.25) is 0 Å². The molecule has 1 unspecified atom stereocenters. The average Bonchev–Trinajstić information content (AvgIpc) is 2.69. The Kier molecular flexibility index (Phi) is 3.70. The van der Waals surface area contributed by atoms with E-state index in [9.17, 15) is 0 Å². The Morgan fingerprint density at radius 1 is 0.913 bits per heavy atom. The Morgan fingerprint density at radius 3 is 2.17 bits per heavy atom. The van der Waals surface area contributed by atoms with Gasteiger partial charge in [-0.05, 0) is 62.6 Å². The second kappa shape index (κ2) is 5.86. The van der Waals surface area contributed by atoms with E-state index >= 15 is 0 Å². The minimum Gasteiger partial charge on any atom is -0.456 e. The normalized spacial score (nSPS) is 19.5. The van der Waals surface area contributed by atoms with Gasteiger partial charge >= 0.3 is 0 Å². The number of allylic oxidation sites excluding steroid dienone is 2. The van der Waals surface area contributed by atoms with Gasteiger partial charge in [0.15, 0.2) is 0 Å². The van der Waals surface area contributed by atoms with Crippen LogP contribution in [-0.4, -0.2) is 25.5 Å².